The molecule has 1 aliphatic heterocycles. The quantitative estimate of drug-likeness (QED) is 0.597. The molecule has 1 fully saturated rings. The van der Waals surface area contributed by atoms with E-state index in [4.69, 9.17) is 18.9 Å². The third-order valence-electron chi connectivity index (χ3n) is 4.77. The number of hydrogen-bond donors (Lipinski definition) is 2. The molecule has 6 heteroatoms. The molecule has 2 aromatic rings. The molecule has 1 saturated heterocycles. The van der Waals surface area contributed by atoms with Gasteiger partial charge in [0, 0.05) is 0 Å². The zero-order chi connectivity index (χ0) is 20.5. The molecule has 0 spiro atoms. The van der Waals surface area contributed by atoms with Gasteiger partial charge in [-0.2, -0.15) is 0 Å². The minimum atomic E-state index is -1.25. The Balaban J connectivity index is 1.78. The Bertz CT molecular complexity index is 723. The van der Waals surface area contributed by atoms with Crippen molar-refractivity contribution in [2.45, 2.75) is 43.9 Å². The molecule has 0 radical (unpaired) electrons. The van der Waals surface area contributed by atoms with Crippen molar-refractivity contribution in [1.29, 1.82) is 0 Å². The number of benzene rings is 2. The van der Waals surface area contributed by atoms with Gasteiger partial charge in [-0.1, -0.05) is 66.7 Å². The average Bonchev–Trinajstić information content (AvgIpc) is 2.77. The number of ether oxygens (including phenoxy) is 4. The smallest absolute Gasteiger partial charge is 0.184 e. The number of aliphatic hydroxyl groups is 2. The van der Waals surface area contributed by atoms with Gasteiger partial charge in [0.1, 0.15) is 24.4 Å². The largest absolute Gasteiger partial charge is 0.394 e. The van der Waals surface area contributed by atoms with Crippen LogP contribution in [0.1, 0.15) is 11.1 Å². The lowest BCUT2D eigenvalue weighted by molar-refractivity contribution is -0.312. The summed E-state index contributed by atoms with van der Waals surface area (Å²) in [5.41, 5.74) is 1.97. The first-order valence-electron chi connectivity index (χ1n) is 9.71. The topological polar surface area (TPSA) is 77.4 Å². The van der Waals surface area contributed by atoms with Gasteiger partial charge >= 0.3 is 0 Å². The first kappa shape index (κ1) is 21.6. The molecule has 3 rings (SSSR count). The van der Waals surface area contributed by atoms with Crippen LogP contribution in [0, 0.1) is 0 Å². The van der Waals surface area contributed by atoms with Gasteiger partial charge in [0.05, 0.1) is 26.4 Å². The zero-order valence-electron chi connectivity index (χ0n) is 16.3. The molecule has 29 heavy (non-hydrogen) atoms. The van der Waals surface area contributed by atoms with Gasteiger partial charge in [0.15, 0.2) is 6.29 Å². The Morgan fingerprint density at radius 3 is 1.90 bits per heavy atom. The van der Waals surface area contributed by atoms with E-state index in [0.29, 0.717) is 13.2 Å². The maximum atomic E-state index is 10.4. The Labute approximate surface area is 171 Å². The van der Waals surface area contributed by atoms with Gasteiger partial charge in [-0.3, -0.25) is 0 Å². The van der Waals surface area contributed by atoms with E-state index in [0.717, 1.165) is 11.1 Å². The lowest BCUT2D eigenvalue weighted by Crippen LogP contribution is -2.61. The van der Waals surface area contributed by atoms with E-state index in [1.165, 1.54) is 0 Å². The fourth-order valence-corrected chi connectivity index (χ4v) is 3.32. The van der Waals surface area contributed by atoms with Crippen LogP contribution in [-0.2, 0) is 32.2 Å². The SMILES string of the molecule is C=CCOC1C(O)OC(CO)C(OCc2ccccc2)C1OCc1ccccc1. The maximum absolute atomic E-state index is 10.4. The summed E-state index contributed by atoms with van der Waals surface area (Å²) in [6, 6.07) is 19.4. The van der Waals surface area contributed by atoms with E-state index in [9.17, 15) is 10.2 Å². The molecule has 0 saturated carbocycles. The highest BCUT2D eigenvalue weighted by Gasteiger charge is 2.47. The Hall–Kier alpha value is -2.06. The summed E-state index contributed by atoms with van der Waals surface area (Å²) in [6.45, 7) is 4.21. The van der Waals surface area contributed by atoms with Gasteiger partial charge in [0.25, 0.3) is 0 Å². The highest BCUT2D eigenvalue weighted by atomic mass is 16.7. The zero-order valence-corrected chi connectivity index (χ0v) is 16.3. The molecule has 5 atom stereocenters. The molecule has 0 bridgehead atoms. The summed E-state index contributed by atoms with van der Waals surface area (Å²) in [7, 11) is 0. The first-order chi connectivity index (χ1) is 14.2. The monoisotopic (exact) mass is 400 g/mol. The van der Waals surface area contributed by atoms with Gasteiger partial charge < -0.3 is 29.2 Å². The molecule has 156 valence electrons. The molecular formula is C23H28O6. The fourth-order valence-electron chi connectivity index (χ4n) is 3.32. The standard InChI is InChI=1S/C23H28O6/c1-2-13-26-22-21(28-16-18-11-7-4-8-12-18)20(19(14-24)29-23(22)25)27-15-17-9-5-3-6-10-17/h2-12,19-25H,1,13-16H2. The fraction of sp³-hybridized carbons (Fsp3) is 0.391. The van der Waals surface area contributed by atoms with Crippen molar-refractivity contribution in [1.82, 2.24) is 0 Å². The normalized spacial score (nSPS) is 26.9. The summed E-state index contributed by atoms with van der Waals surface area (Å²) in [5.74, 6) is 0. The van der Waals surface area contributed by atoms with Crippen LogP contribution in [0.2, 0.25) is 0 Å². The molecular weight excluding hydrogens is 372 g/mol. The van der Waals surface area contributed by atoms with E-state index in [2.05, 4.69) is 6.58 Å². The maximum Gasteiger partial charge on any atom is 0.184 e. The molecule has 0 aliphatic carbocycles. The molecule has 0 aromatic heterocycles. The van der Waals surface area contributed by atoms with Crippen molar-refractivity contribution in [3.63, 3.8) is 0 Å². The van der Waals surface area contributed by atoms with Crippen molar-refractivity contribution in [2.75, 3.05) is 13.2 Å². The van der Waals surface area contributed by atoms with Crippen LogP contribution in [0.5, 0.6) is 0 Å². The third-order valence-corrected chi connectivity index (χ3v) is 4.77. The summed E-state index contributed by atoms with van der Waals surface area (Å²) < 4.78 is 23.6. The minimum Gasteiger partial charge on any atom is -0.394 e. The molecule has 1 aliphatic rings. The van der Waals surface area contributed by atoms with Gasteiger partial charge in [-0.25, -0.2) is 0 Å². The van der Waals surface area contributed by atoms with E-state index in [1.54, 1.807) is 6.08 Å². The number of hydrogen-bond acceptors (Lipinski definition) is 6. The predicted molar refractivity (Wildman–Crippen MR) is 108 cm³/mol. The molecule has 2 N–H and O–H groups in total. The summed E-state index contributed by atoms with van der Waals surface area (Å²) >= 11 is 0. The Kier molecular flexibility index (Phi) is 8.37. The third kappa shape index (κ3) is 5.96. The van der Waals surface area contributed by atoms with Gasteiger partial charge in [-0.05, 0) is 11.1 Å². The van der Waals surface area contributed by atoms with Crippen LogP contribution in [0.4, 0.5) is 0 Å². The van der Waals surface area contributed by atoms with Crippen LogP contribution in [0.3, 0.4) is 0 Å². The summed E-state index contributed by atoms with van der Waals surface area (Å²) in [5, 5.41) is 20.3. The van der Waals surface area contributed by atoms with Crippen molar-refractivity contribution >= 4 is 0 Å². The molecule has 0 amide bonds. The molecule has 1 heterocycles. The van der Waals surface area contributed by atoms with Crippen molar-refractivity contribution in [3.05, 3.63) is 84.4 Å². The number of aliphatic hydroxyl groups excluding tert-OH is 2. The summed E-state index contributed by atoms with van der Waals surface area (Å²) in [6.07, 6.45) is -2.43. The van der Waals surface area contributed by atoms with Crippen molar-refractivity contribution in [2.24, 2.45) is 0 Å². The Morgan fingerprint density at radius 2 is 1.38 bits per heavy atom. The highest BCUT2D eigenvalue weighted by Crippen LogP contribution is 2.28. The van der Waals surface area contributed by atoms with Crippen LogP contribution < -0.4 is 0 Å². The van der Waals surface area contributed by atoms with E-state index < -0.39 is 30.7 Å². The first-order valence-corrected chi connectivity index (χ1v) is 9.71. The average molecular weight is 400 g/mol. The molecule has 5 unspecified atom stereocenters. The van der Waals surface area contributed by atoms with E-state index >= 15 is 0 Å². The predicted octanol–water partition coefficient (Wildman–Crippen LogP) is 2.44. The van der Waals surface area contributed by atoms with E-state index in [1.807, 2.05) is 60.7 Å². The lowest BCUT2D eigenvalue weighted by Gasteiger charge is -2.44. The molecule has 6 nitrogen and oxygen atoms in total. The number of rotatable bonds is 10. The van der Waals surface area contributed by atoms with Crippen LogP contribution in [-0.4, -0.2) is 54.1 Å². The van der Waals surface area contributed by atoms with E-state index in [-0.39, 0.29) is 13.2 Å². The second kappa shape index (κ2) is 11.2. The second-order valence-electron chi connectivity index (χ2n) is 6.86. The lowest BCUT2D eigenvalue weighted by atomic mass is 9.98. The Morgan fingerprint density at radius 1 is 0.828 bits per heavy atom. The van der Waals surface area contributed by atoms with Crippen molar-refractivity contribution in [3.8, 4) is 0 Å². The van der Waals surface area contributed by atoms with Gasteiger partial charge in [0.2, 0.25) is 0 Å². The second-order valence-corrected chi connectivity index (χ2v) is 6.86. The van der Waals surface area contributed by atoms with Crippen molar-refractivity contribution < 1.29 is 29.2 Å². The summed E-state index contributed by atoms with van der Waals surface area (Å²) in [4.78, 5) is 0. The van der Waals surface area contributed by atoms with Crippen LogP contribution in [0.15, 0.2) is 73.3 Å². The van der Waals surface area contributed by atoms with Gasteiger partial charge in [-0.15, -0.1) is 6.58 Å². The highest BCUT2D eigenvalue weighted by molar-refractivity contribution is 5.14. The van der Waals surface area contributed by atoms with Crippen LogP contribution in [0.25, 0.3) is 0 Å². The minimum absolute atomic E-state index is 0.228. The van der Waals surface area contributed by atoms with Crippen LogP contribution >= 0.6 is 0 Å². The molecule has 2 aromatic carbocycles.